The van der Waals surface area contributed by atoms with E-state index in [0.717, 1.165) is 49.9 Å². The number of pyridine rings is 1. The highest BCUT2D eigenvalue weighted by Crippen LogP contribution is 2.43. The molecule has 2 heterocycles. The average molecular weight is 414 g/mol. The summed E-state index contributed by atoms with van der Waals surface area (Å²) in [5, 5.41) is 11.6. The zero-order chi connectivity index (χ0) is 22.4. The molecule has 0 fully saturated rings. The lowest BCUT2D eigenvalue weighted by Gasteiger charge is -2.07. The number of nitrogens with zero attached hydrogens (tertiary/aromatic N) is 3. The first-order chi connectivity index (χ1) is 15.5. The largest absolute Gasteiger partial charge is 0.455 e. The molecule has 0 N–H and O–H groups in total. The maximum atomic E-state index is 9.72. The van der Waals surface area contributed by atoms with Crippen LogP contribution in [0.3, 0.4) is 0 Å². The Morgan fingerprint density at radius 1 is 0.938 bits per heavy atom. The van der Waals surface area contributed by atoms with Crippen LogP contribution in [0.15, 0.2) is 71.3 Å². The second kappa shape index (κ2) is 7.38. The zero-order valence-corrected chi connectivity index (χ0v) is 18.1. The van der Waals surface area contributed by atoms with Crippen LogP contribution in [0.4, 0.5) is 5.69 Å². The molecule has 0 spiro atoms. The van der Waals surface area contributed by atoms with Crippen molar-refractivity contribution in [1.29, 1.82) is 5.26 Å². The van der Waals surface area contributed by atoms with E-state index in [9.17, 15) is 5.26 Å². The van der Waals surface area contributed by atoms with Gasteiger partial charge >= 0.3 is 0 Å². The molecule has 0 radical (unpaired) electrons. The van der Waals surface area contributed by atoms with E-state index in [-0.39, 0.29) is 0 Å². The van der Waals surface area contributed by atoms with Crippen molar-refractivity contribution in [3.8, 4) is 28.5 Å². The van der Waals surface area contributed by atoms with Crippen molar-refractivity contribution < 1.29 is 8.98 Å². The van der Waals surface area contributed by atoms with Crippen LogP contribution in [-0.2, 0) is 7.05 Å². The molecule has 0 saturated heterocycles. The highest BCUT2D eigenvalue weighted by molar-refractivity contribution is 6.14. The average Bonchev–Trinajstić information content (AvgIpc) is 3.17. The van der Waals surface area contributed by atoms with Crippen LogP contribution in [0, 0.1) is 31.8 Å². The molecule has 0 amide bonds. The minimum absolute atomic E-state index is 0.541. The quantitative estimate of drug-likeness (QED) is 0.236. The van der Waals surface area contributed by atoms with Gasteiger partial charge < -0.3 is 4.42 Å². The molecule has 0 aliphatic rings. The second-order valence-corrected chi connectivity index (χ2v) is 8.08. The normalized spacial score (nSPS) is 10.9. The number of nitriles is 1. The summed E-state index contributed by atoms with van der Waals surface area (Å²) in [6.45, 7) is 11.7. The van der Waals surface area contributed by atoms with Gasteiger partial charge in [0.15, 0.2) is 11.9 Å². The lowest BCUT2D eigenvalue weighted by molar-refractivity contribution is -0.660. The summed E-state index contributed by atoms with van der Waals surface area (Å²) in [4.78, 5) is 3.74. The van der Waals surface area contributed by atoms with E-state index >= 15 is 0 Å². The number of rotatable bonds is 2. The molecule has 2 aromatic heterocycles. The fourth-order valence-electron chi connectivity index (χ4n) is 4.37. The Labute approximate surface area is 186 Å². The Balaban J connectivity index is 1.94. The molecule has 3 aromatic carbocycles. The van der Waals surface area contributed by atoms with Gasteiger partial charge in [0.1, 0.15) is 18.2 Å². The van der Waals surface area contributed by atoms with E-state index < -0.39 is 0 Å². The molecule has 0 aliphatic heterocycles. The fourth-order valence-corrected chi connectivity index (χ4v) is 4.37. The molecule has 4 nitrogen and oxygen atoms in total. The topological polar surface area (TPSA) is 45.2 Å². The van der Waals surface area contributed by atoms with Crippen LogP contribution in [0.1, 0.15) is 16.7 Å². The third-order valence-electron chi connectivity index (χ3n) is 5.95. The van der Waals surface area contributed by atoms with Crippen LogP contribution in [-0.4, -0.2) is 0 Å². The molecule has 0 bridgehead atoms. The first-order valence-corrected chi connectivity index (χ1v) is 10.4. The van der Waals surface area contributed by atoms with Crippen molar-refractivity contribution in [2.45, 2.75) is 13.8 Å². The summed E-state index contributed by atoms with van der Waals surface area (Å²) in [7, 11) is 2.02. The predicted molar refractivity (Wildman–Crippen MR) is 126 cm³/mol. The number of hydrogen-bond donors (Lipinski definition) is 0. The summed E-state index contributed by atoms with van der Waals surface area (Å²) in [6, 6.07) is 22.0. The molecular weight excluding hydrogens is 394 g/mol. The van der Waals surface area contributed by atoms with Crippen LogP contribution in [0.5, 0.6) is 0 Å². The Kier molecular flexibility index (Phi) is 4.51. The Morgan fingerprint density at radius 3 is 2.53 bits per heavy atom. The molecule has 0 atom stereocenters. The maximum Gasteiger partial charge on any atom is 0.216 e. The van der Waals surface area contributed by atoms with Crippen molar-refractivity contribution in [3.05, 3.63) is 95.0 Å². The Bertz CT molecular complexity index is 1630. The first kappa shape index (κ1) is 19.5. The van der Waals surface area contributed by atoms with E-state index in [1.165, 1.54) is 0 Å². The van der Waals surface area contributed by atoms with Gasteiger partial charge in [-0.05, 0) is 43.2 Å². The van der Waals surface area contributed by atoms with Gasteiger partial charge in [0, 0.05) is 28.5 Å². The smallest absolute Gasteiger partial charge is 0.216 e. The first-order valence-electron chi connectivity index (χ1n) is 10.4. The van der Waals surface area contributed by atoms with Crippen molar-refractivity contribution in [3.63, 3.8) is 0 Å². The summed E-state index contributed by atoms with van der Waals surface area (Å²) in [6.07, 6.45) is 2.02. The van der Waals surface area contributed by atoms with Crippen LogP contribution < -0.4 is 4.57 Å². The standard InChI is InChI=1S/C28H20N3O/c1-17-8-10-20(24(13-17)30-3)22-14-19(16-29)15-23-21-11-9-18(2)26(28(21)32-27(22)23)25-7-5-6-12-31(25)4/h5-15H,1-2,4H3/q+1. The van der Waals surface area contributed by atoms with Gasteiger partial charge in [-0.3, -0.25) is 0 Å². The Morgan fingerprint density at radius 2 is 1.78 bits per heavy atom. The molecule has 32 heavy (non-hydrogen) atoms. The number of aryl methyl sites for hydroxylation is 3. The zero-order valence-electron chi connectivity index (χ0n) is 18.1. The molecule has 5 rings (SSSR count). The molecule has 0 unspecified atom stereocenters. The lowest BCUT2D eigenvalue weighted by Crippen LogP contribution is -2.30. The summed E-state index contributed by atoms with van der Waals surface area (Å²) in [5.41, 5.74) is 8.32. The number of furan rings is 1. The number of benzene rings is 3. The molecule has 0 saturated carbocycles. The highest BCUT2D eigenvalue weighted by Gasteiger charge is 2.22. The van der Waals surface area contributed by atoms with Crippen molar-refractivity contribution in [1.82, 2.24) is 0 Å². The Hall–Kier alpha value is -4.41. The maximum absolute atomic E-state index is 9.72. The van der Waals surface area contributed by atoms with Gasteiger partial charge in [-0.15, -0.1) is 0 Å². The van der Waals surface area contributed by atoms with Gasteiger partial charge in [-0.25, -0.2) is 9.41 Å². The second-order valence-electron chi connectivity index (χ2n) is 8.08. The van der Waals surface area contributed by atoms with E-state index in [1.54, 1.807) is 0 Å². The van der Waals surface area contributed by atoms with Gasteiger partial charge in [0.2, 0.25) is 5.69 Å². The monoisotopic (exact) mass is 414 g/mol. The van der Waals surface area contributed by atoms with E-state index in [4.69, 9.17) is 11.0 Å². The minimum Gasteiger partial charge on any atom is -0.455 e. The van der Waals surface area contributed by atoms with Gasteiger partial charge in [0.25, 0.3) is 0 Å². The molecule has 0 aliphatic carbocycles. The van der Waals surface area contributed by atoms with Crippen molar-refractivity contribution in [2.75, 3.05) is 0 Å². The van der Waals surface area contributed by atoms with Gasteiger partial charge in [0.05, 0.1) is 23.8 Å². The number of fused-ring (bicyclic) bond motifs is 3. The summed E-state index contributed by atoms with van der Waals surface area (Å²) < 4.78 is 8.64. The third kappa shape index (κ3) is 2.94. The molecule has 4 heteroatoms. The van der Waals surface area contributed by atoms with Gasteiger partial charge in [-0.1, -0.05) is 35.9 Å². The minimum atomic E-state index is 0.541. The van der Waals surface area contributed by atoms with E-state index in [2.05, 4.69) is 40.6 Å². The van der Waals surface area contributed by atoms with Crippen molar-refractivity contribution in [2.24, 2.45) is 7.05 Å². The van der Waals surface area contributed by atoms with Crippen LogP contribution in [0.2, 0.25) is 0 Å². The van der Waals surface area contributed by atoms with Gasteiger partial charge in [-0.2, -0.15) is 5.26 Å². The summed E-state index contributed by atoms with van der Waals surface area (Å²) >= 11 is 0. The molecule has 152 valence electrons. The third-order valence-corrected chi connectivity index (χ3v) is 5.95. The van der Waals surface area contributed by atoms with E-state index in [1.807, 2.05) is 62.6 Å². The SMILES string of the molecule is [C-]#[N+]c1cc(C)ccc1-c1cc(C#N)cc2c1oc1c(-c3cccc[n+]3C)c(C)ccc12. The number of aromatic nitrogens is 1. The number of hydrogen-bond acceptors (Lipinski definition) is 2. The van der Waals surface area contributed by atoms with Crippen LogP contribution >= 0.6 is 0 Å². The van der Waals surface area contributed by atoms with Crippen molar-refractivity contribution >= 4 is 27.6 Å². The highest BCUT2D eigenvalue weighted by atomic mass is 16.3. The van der Waals surface area contributed by atoms with Crippen LogP contribution in [0.25, 0.3) is 49.2 Å². The molecular formula is C28H20N3O+. The summed E-state index contributed by atoms with van der Waals surface area (Å²) in [5.74, 6) is 0. The predicted octanol–water partition coefficient (Wildman–Crippen LogP) is 6.78. The lowest BCUT2D eigenvalue weighted by atomic mass is 9.96. The molecule has 5 aromatic rings. The fraction of sp³-hybridized carbons (Fsp3) is 0.107. The van der Waals surface area contributed by atoms with E-state index in [0.29, 0.717) is 16.8 Å².